The summed E-state index contributed by atoms with van der Waals surface area (Å²) < 4.78 is 8.59. The topological polar surface area (TPSA) is 72.3 Å². The number of aryl methyl sites for hydroxylation is 1. The summed E-state index contributed by atoms with van der Waals surface area (Å²) in [6.45, 7) is 10.5. The van der Waals surface area contributed by atoms with E-state index in [1.807, 2.05) is 24.9 Å². The standard InChI is InChI=1S/C23H29N5O2S/c1-5-6-21(29)28-9-7-17(14-28)30-22-18-8-10-27(13-15(2)3)19(18)11-20(25-22)26-23-24-12-16(4)31-23/h5-6,8,10-12,15,17H,7,9,13-14H2,1-4H3,(H,24,25,26). The second kappa shape index (κ2) is 9.09. The number of aromatic nitrogens is 3. The van der Waals surface area contributed by atoms with Gasteiger partial charge < -0.3 is 19.5 Å². The van der Waals surface area contributed by atoms with Crippen LogP contribution in [-0.2, 0) is 11.3 Å². The van der Waals surface area contributed by atoms with E-state index >= 15 is 0 Å². The maximum Gasteiger partial charge on any atom is 0.246 e. The minimum Gasteiger partial charge on any atom is -0.472 e. The van der Waals surface area contributed by atoms with E-state index in [9.17, 15) is 4.79 Å². The summed E-state index contributed by atoms with van der Waals surface area (Å²) in [7, 11) is 0. The van der Waals surface area contributed by atoms with Crippen LogP contribution in [0.4, 0.5) is 10.9 Å². The first-order valence-electron chi connectivity index (χ1n) is 10.7. The summed E-state index contributed by atoms with van der Waals surface area (Å²) in [5.41, 5.74) is 1.08. The van der Waals surface area contributed by atoms with Crippen molar-refractivity contribution in [3.63, 3.8) is 0 Å². The zero-order valence-electron chi connectivity index (χ0n) is 18.5. The van der Waals surface area contributed by atoms with Gasteiger partial charge in [0.25, 0.3) is 0 Å². The molecule has 0 aliphatic carbocycles. The van der Waals surface area contributed by atoms with E-state index < -0.39 is 0 Å². The molecule has 1 fully saturated rings. The third kappa shape index (κ3) is 4.90. The van der Waals surface area contributed by atoms with E-state index in [-0.39, 0.29) is 12.0 Å². The van der Waals surface area contributed by atoms with Crippen molar-refractivity contribution in [1.82, 2.24) is 19.4 Å². The molecule has 1 saturated heterocycles. The van der Waals surface area contributed by atoms with Crippen LogP contribution in [0, 0.1) is 12.8 Å². The van der Waals surface area contributed by atoms with E-state index in [4.69, 9.17) is 9.72 Å². The number of fused-ring (bicyclic) bond motifs is 1. The molecule has 7 nitrogen and oxygen atoms in total. The lowest BCUT2D eigenvalue weighted by Gasteiger charge is -2.17. The van der Waals surface area contributed by atoms with Crippen molar-refractivity contribution < 1.29 is 9.53 Å². The molecule has 31 heavy (non-hydrogen) atoms. The number of carbonyl (C=O) groups is 1. The van der Waals surface area contributed by atoms with Gasteiger partial charge >= 0.3 is 0 Å². The van der Waals surface area contributed by atoms with Gasteiger partial charge in [0.2, 0.25) is 11.8 Å². The van der Waals surface area contributed by atoms with Crippen LogP contribution in [0.5, 0.6) is 5.88 Å². The molecule has 1 aliphatic heterocycles. The number of likely N-dealkylation sites (tertiary alicyclic amines) is 1. The molecule has 4 rings (SSSR count). The van der Waals surface area contributed by atoms with Crippen LogP contribution in [0.2, 0.25) is 0 Å². The van der Waals surface area contributed by atoms with E-state index in [1.165, 1.54) is 0 Å². The van der Waals surface area contributed by atoms with Crippen molar-refractivity contribution in [2.24, 2.45) is 5.92 Å². The summed E-state index contributed by atoms with van der Waals surface area (Å²) >= 11 is 1.59. The highest BCUT2D eigenvalue weighted by Gasteiger charge is 2.27. The quantitative estimate of drug-likeness (QED) is 0.538. The number of thiazole rings is 1. The zero-order valence-corrected chi connectivity index (χ0v) is 19.3. The molecule has 1 N–H and O–H groups in total. The summed E-state index contributed by atoms with van der Waals surface area (Å²) in [5.74, 6) is 1.86. The Morgan fingerprint density at radius 2 is 2.29 bits per heavy atom. The normalized spacial score (nSPS) is 16.7. The van der Waals surface area contributed by atoms with Gasteiger partial charge in [-0.15, -0.1) is 11.3 Å². The van der Waals surface area contributed by atoms with E-state index in [1.54, 1.807) is 23.5 Å². The van der Waals surface area contributed by atoms with Crippen LogP contribution in [0.25, 0.3) is 10.9 Å². The highest BCUT2D eigenvalue weighted by molar-refractivity contribution is 7.15. The Balaban J connectivity index is 1.63. The molecule has 0 spiro atoms. The van der Waals surface area contributed by atoms with Crippen LogP contribution in [0.3, 0.4) is 0 Å². The molecule has 0 saturated carbocycles. The van der Waals surface area contributed by atoms with Crippen molar-refractivity contribution in [3.8, 4) is 5.88 Å². The lowest BCUT2D eigenvalue weighted by molar-refractivity contribution is -0.125. The predicted molar refractivity (Wildman–Crippen MR) is 125 cm³/mol. The Morgan fingerprint density at radius 1 is 1.45 bits per heavy atom. The van der Waals surface area contributed by atoms with Gasteiger partial charge in [-0.25, -0.2) is 4.98 Å². The molecule has 3 aromatic rings. The fourth-order valence-electron chi connectivity index (χ4n) is 3.82. The van der Waals surface area contributed by atoms with Crippen LogP contribution in [0.1, 0.15) is 32.1 Å². The third-order valence-corrected chi connectivity index (χ3v) is 6.02. The Labute approximate surface area is 186 Å². The van der Waals surface area contributed by atoms with Crippen molar-refractivity contribution in [1.29, 1.82) is 0 Å². The molecule has 0 radical (unpaired) electrons. The minimum absolute atomic E-state index is 0.0318. The number of nitrogens with one attached hydrogen (secondary N) is 1. The highest BCUT2D eigenvalue weighted by atomic mass is 32.1. The van der Waals surface area contributed by atoms with Gasteiger partial charge in [-0.05, 0) is 31.9 Å². The fourth-order valence-corrected chi connectivity index (χ4v) is 4.49. The molecule has 1 amide bonds. The number of rotatable bonds is 7. The number of allylic oxidation sites excluding steroid dienone is 1. The van der Waals surface area contributed by atoms with Gasteiger partial charge in [-0.1, -0.05) is 19.9 Å². The average Bonchev–Trinajstić information content (AvgIpc) is 3.43. The SMILES string of the molecule is CC=CC(=O)N1CCC(Oc2nc(Nc3ncc(C)s3)cc3c2ccn3CC(C)C)C1. The minimum atomic E-state index is -0.0734. The molecular formula is C23H29N5O2S. The van der Waals surface area contributed by atoms with Crippen LogP contribution in [0.15, 0.2) is 36.7 Å². The van der Waals surface area contributed by atoms with Crippen molar-refractivity contribution in [2.75, 3.05) is 18.4 Å². The van der Waals surface area contributed by atoms with Crippen molar-refractivity contribution >= 4 is 39.1 Å². The van der Waals surface area contributed by atoms with E-state index in [2.05, 4.69) is 47.0 Å². The Kier molecular flexibility index (Phi) is 6.27. The number of ether oxygens (including phenoxy) is 1. The Hall–Kier alpha value is -2.87. The summed E-state index contributed by atoms with van der Waals surface area (Å²) in [4.78, 5) is 24.3. The number of carbonyl (C=O) groups excluding carboxylic acids is 1. The number of hydrogen-bond donors (Lipinski definition) is 1. The van der Waals surface area contributed by atoms with Gasteiger partial charge in [0, 0.05) is 42.8 Å². The maximum atomic E-state index is 12.2. The lowest BCUT2D eigenvalue weighted by atomic mass is 10.2. The molecule has 0 bridgehead atoms. The highest BCUT2D eigenvalue weighted by Crippen LogP contribution is 2.32. The number of hydrogen-bond acceptors (Lipinski definition) is 6. The number of anilines is 2. The first-order valence-corrected chi connectivity index (χ1v) is 11.5. The Morgan fingerprint density at radius 3 is 3.00 bits per heavy atom. The molecule has 4 heterocycles. The maximum absolute atomic E-state index is 12.2. The molecule has 1 unspecified atom stereocenters. The second-order valence-corrected chi connectivity index (χ2v) is 9.56. The third-order valence-electron chi connectivity index (χ3n) is 5.19. The number of nitrogens with zero attached hydrogens (tertiary/aromatic N) is 4. The first-order chi connectivity index (χ1) is 14.9. The molecule has 0 aromatic carbocycles. The van der Waals surface area contributed by atoms with E-state index in [0.717, 1.165) is 33.9 Å². The molecule has 3 aromatic heterocycles. The summed E-state index contributed by atoms with van der Waals surface area (Å²) in [5, 5.41) is 5.12. The zero-order chi connectivity index (χ0) is 22.0. The van der Waals surface area contributed by atoms with Crippen LogP contribution < -0.4 is 10.1 Å². The molecule has 1 aliphatic rings. The van der Waals surface area contributed by atoms with Crippen LogP contribution in [-0.4, -0.2) is 44.5 Å². The van der Waals surface area contributed by atoms with Crippen LogP contribution >= 0.6 is 11.3 Å². The second-order valence-electron chi connectivity index (χ2n) is 8.32. The van der Waals surface area contributed by atoms with Crippen molar-refractivity contribution in [2.45, 2.75) is 46.8 Å². The largest absolute Gasteiger partial charge is 0.472 e. The molecular weight excluding hydrogens is 410 g/mol. The van der Waals surface area contributed by atoms with Gasteiger partial charge in [0.15, 0.2) is 5.13 Å². The molecule has 164 valence electrons. The monoisotopic (exact) mass is 439 g/mol. The van der Waals surface area contributed by atoms with Gasteiger partial charge in [0.1, 0.15) is 11.9 Å². The number of amides is 1. The Bertz CT molecular complexity index is 1100. The summed E-state index contributed by atoms with van der Waals surface area (Å²) in [6.07, 6.45) is 8.03. The smallest absolute Gasteiger partial charge is 0.246 e. The van der Waals surface area contributed by atoms with Crippen molar-refractivity contribution in [3.05, 3.63) is 41.6 Å². The molecule has 1 atom stereocenters. The van der Waals surface area contributed by atoms with Gasteiger partial charge in [0.05, 0.1) is 17.4 Å². The van der Waals surface area contributed by atoms with E-state index in [0.29, 0.717) is 30.7 Å². The first kappa shape index (κ1) is 21.4. The number of pyridine rings is 1. The average molecular weight is 440 g/mol. The van der Waals surface area contributed by atoms with Gasteiger partial charge in [-0.3, -0.25) is 4.79 Å². The summed E-state index contributed by atoms with van der Waals surface area (Å²) in [6, 6.07) is 4.12. The lowest BCUT2D eigenvalue weighted by Crippen LogP contribution is -2.29. The predicted octanol–water partition coefficient (Wildman–Crippen LogP) is 4.76. The fraction of sp³-hybridized carbons (Fsp3) is 0.435. The molecule has 8 heteroatoms. The van der Waals surface area contributed by atoms with Gasteiger partial charge in [-0.2, -0.15) is 4.98 Å².